The summed E-state index contributed by atoms with van der Waals surface area (Å²) in [7, 11) is 0. The molecule has 0 aromatic carbocycles. The van der Waals surface area contributed by atoms with Crippen LogP contribution in [0.25, 0.3) is 0 Å². The first kappa shape index (κ1) is 18.3. The molecule has 0 spiro atoms. The van der Waals surface area contributed by atoms with Crippen molar-refractivity contribution < 1.29 is 19.1 Å². The van der Waals surface area contributed by atoms with E-state index in [1.54, 1.807) is 11.6 Å². The average molecular weight is 357 g/mol. The molecule has 0 bridgehead atoms. The van der Waals surface area contributed by atoms with E-state index < -0.39 is 24.0 Å². The van der Waals surface area contributed by atoms with Crippen LogP contribution in [-0.4, -0.2) is 51.8 Å². The van der Waals surface area contributed by atoms with E-state index in [2.05, 4.69) is 10.4 Å². The van der Waals surface area contributed by atoms with Gasteiger partial charge in [-0.05, 0) is 19.8 Å². The first-order valence-corrected chi connectivity index (χ1v) is 8.13. The number of hydrogen-bond donors (Lipinski definition) is 1. The van der Waals surface area contributed by atoms with Gasteiger partial charge in [0.15, 0.2) is 6.10 Å². The van der Waals surface area contributed by atoms with E-state index >= 15 is 0 Å². The van der Waals surface area contributed by atoms with Gasteiger partial charge in [-0.15, -0.1) is 0 Å². The van der Waals surface area contributed by atoms with E-state index in [-0.39, 0.29) is 17.3 Å². The summed E-state index contributed by atoms with van der Waals surface area (Å²) in [6.07, 6.45) is -1.09. The number of nitrogens with one attached hydrogen (secondary N) is 1. The van der Waals surface area contributed by atoms with Gasteiger partial charge in [0.2, 0.25) is 0 Å². The summed E-state index contributed by atoms with van der Waals surface area (Å²) >= 11 is 6.22. The minimum Gasteiger partial charge on any atom is -0.449 e. The standard InChI is InChI=1S/C15H21ClN4O4/c1-8(2)7-20-12(16)11(9(3)18-20)14(22)24-10(4)13(21)19-6-5-17-15(19)23/h8,10H,5-7H2,1-4H3,(H,17,23)/t10-/m1/s1. The van der Waals surface area contributed by atoms with Gasteiger partial charge in [0.1, 0.15) is 10.7 Å². The zero-order valence-corrected chi connectivity index (χ0v) is 14.9. The second-order valence-corrected chi connectivity index (χ2v) is 6.45. The number of urea groups is 1. The van der Waals surface area contributed by atoms with Crippen LogP contribution in [0.4, 0.5) is 4.79 Å². The van der Waals surface area contributed by atoms with Crippen LogP contribution in [0.5, 0.6) is 0 Å². The molecule has 1 atom stereocenters. The molecule has 1 aromatic rings. The van der Waals surface area contributed by atoms with Crippen LogP contribution < -0.4 is 5.32 Å². The molecule has 2 rings (SSSR count). The maximum Gasteiger partial charge on any atom is 0.343 e. The van der Waals surface area contributed by atoms with Gasteiger partial charge in [-0.3, -0.25) is 14.4 Å². The van der Waals surface area contributed by atoms with Gasteiger partial charge in [0.05, 0.1) is 5.69 Å². The molecule has 1 aromatic heterocycles. The van der Waals surface area contributed by atoms with Crippen LogP contribution in [-0.2, 0) is 16.1 Å². The van der Waals surface area contributed by atoms with Gasteiger partial charge in [0.25, 0.3) is 5.91 Å². The Morgan fingerprint density at radius 2 is 2.04 bits per heavy atom. The molecule has 3 amide bonds. The summed E-state index contributed by atoms with van der Waals surface area (Å²) in [4.78, 5) is 37.1. The second kappa shape index (κ2) is 7.21. The lowest BCUT2D eigenvalue weighted by molar-refractivity contribution is -0.136. The lowest BCUT2D eigenvalue weighted by Gasteiger charge is -2.18. The smallest absolute Gasteiger partial charge is 0.343 e. The van der Waals surface area contributed by atoms with Gasteiger partial charge in [-0.1, -0.05) is 25.4 Å². The largest absolute Gasteiger partial charge is 0.449 e. The molecular weight excluding hydrogens is 336 g/mol. The van der Waals surface area contributed by atoms with Gasteiger partial charge in [-0.2, -0.15) is 5.10 Å². The number of nitrogens with zero attached hydrogens (tertiary/aromatic N) is 3. The van der Waals surface area contributed by atoms with Crippen molar-refractivity contribution in [1.82, 2.24) is 20.0 Å². The van der Waals surface area contributed by atoms with Gasteiger partial charge < -0.3 is 10.1 Å². The third kappa shape index (κ3) is 3.69. The number of aromatic nitrogens is 2. The van der Waals surface area contributed by atoms with Crippen LogP contribution in [0.1, 0.15) is 36.8 Å². The summed E-state index contributed by atoms with van der Waals surface area (Å²) < 4.78 is 6.73. The van der Waals surface area contributed by atoms with Crippen molar-refractivity contribution in [3.8, 4) is 0 Å². The Balaban J connectivity index is 2.10. The molecule has 1 N–H and O–H groups in total. The summed E-state index contributed by atoms with van der Waals surface area (Å²) in [5, 5.41) is 6.94. The number of esters is 1. The Labute approximate surface area is 145 Å². The summed E-state index contributed by atoms with van der Waals surface area (Å²) in [5.74, 6) is -0.991. The summed E-state index contributed by atoms with van der Waals surface area (Å²) in [5.41, 5.74) is 0.576. The molecule has 1 aliphatic rings. The minimum absolute atomic E-state index is 0.142. The molecule has 2 heterocycles. The van der Waals surface area contributed by atoms with E-state index in [1.807, 2.05) is 13.8 Å². The van der Waals surface area contributed by atoms with Crippen molar-refractivity contribution in [2.45, 2.75) is 40.3 Å². The Morgan fingerprint density at radius 3 is 2.58 bits per heavy atom. The van der Waals surface area contributed by atoms with Crippen molar-refractivity contribution in [3.05, 3.63) is 16.4 Å². The van der Waals surface area contributed by atoms with E-state index in [0.29, 0.717) is 24.7 Å². The number of hydrogen-bond acceptors (Lipinski definition) is 5. The predicted octanol–water partition coefficient (Wildman–Crippen LogP) is 1.60. The zero-order valence-electron chi connectivity index (χ0n) is 14.1. The van der Waals surface area contributed by atoms with Crippen molar-refractivity contribution in [2.24, 2.45) is 5.92 Å². The number of halogens is 1. The van der Waals surface area contributed by atoms with Crippen molar-refractivity contribution in [2.75, 3.05) is 13.1 Å². The quantitative estimate of drug-likeness (QED) is 0.809. The lowest BCUT2D eigenvalue weighted by atomic mass is 10.2. The highest BCUT2D eigenvalue weighted by Crippen LogP contribution is 2.22. The Hall–Kier alpha value is -2.09. The molecule has 0 unspecified atom stereocenters. The fourth-order valence-electron chi connectivity index (χ4n) is 2.42. The molecular formula is C15H21ClN4O4. The van der Waals surface area contributed by atoms with E-state index in [1.165, 1.54) is 6.92 Å². The van der Waals surface area contributed by atoms with Crippen LogP contribution >= 0.6 is 11.6 Å². The highest BCUT2D eigenvalue weighted by Gasteiger charge is 2.33. The molecule has 0 radical (unpaired) electrons. The van der Waals surface area contributed by atoms with Crippen LogP contribution in [0.2, 0.25) is 5.15 Å². The van der Waals surface area contributed by atoms with Gasteiger partial charge in [0, 0.05) is 19.6 Å². The van der Waals surface area contributed by atoms with E-state index in [0.717, 1.165) is 4.90 Å². The SMILES string of the molecule is Cc1nn(CC(C)C)c(Cl)c1C(=O)O[C@H](C)C(=O)N1CCNC1=O. The Morgan fingerprint density at radius 1 is 1.38 bits per heavy atom. The van der Waals surface area contributed by atoms with E-state index in [4.69, 9.17) is 16.3 Å². The monoisotopic (exact) mass is 356 g/mol. The molecule has 132 valence electrons. The van der Waals surface area contributed by atoms with Crippen molar-refractivity contribution in [1.29, 1.82) is 0 Å². The molecule has 0 aliphatic carbocycles. The predicted molar refractivity (Wildman–Crippen MR) is 86.8 cm³/mol. The first-order valence-electron chi connectivity index (χ1n) is 7.75. The molecule has 1 aliphatic heterocycles. The summed E-state index contributed by atoms with van der Waals surface area (Å²) in [6.45, 7) is 8.30. The fraction of sp³-hybridized carbons (Fsp3) is 0.600. The summed E-state index contributed by atoms with van der Waals surface area (Å²) in [6, 6.07) is -0.484. The molecule has 0 saturated carbocycles. The maximum atomic E-state index is 12.4. The average Bonchev–Trinajstić information content (AvgIpc) is 3.01. The molecule has 24 heavy (non-hydrogen) atoms. The van der Waals surface area contributed by atoms with Crippen LogP contribution in [0.3, 0.4) is 0 Å². The number of imide groups is 1. The number of carbonyl (C=O) groups is 3. The lowest BCUT2D eigenvalue weighted by Crippen LogP contribution is -2.41. The maximum absolute atomic E-state index is 12.4. The van der Waals surface area contributed by atoms with E-state index in [9.17, 15) is 14.4 Å². The van der Waals surface area contributed by atoms with Gasteiger partial charge in [-0.25, -0.2) is 9.59 Å². The minimum atomic E-state index is -1.09. The third-order valence-corrected chi connectivity index (χ3v) is 3.95. The second-order valence-electron chi connectivity index (χ2n) is 6.10. The Bertz CT molecular complexity index is 671. The highest BCUT2D eigenvalue weighted by atomic mass is 35.5. The number of carbonyl (C=O) groups excluding carboxylic acids is 3. The third-order valence-electron chi connectivity index (χ3n) is 3.56. The van der Waals surface area contributed by atoms with Crippen molar-refractivity contribution in [3.63, 3.8) is 0 Å². The topological polar surface area (TPSA) is 93.5 Å². The molecule has 1 fully saturated rings. The zero-order chi connectivity index (χ0) is 18.0. The van der Waals surface area contributed by atoms with Crippen LogP contribution in [0, 0.1) is 12.8 Å². The normalized spacial score (nSPS) is 15.6. The number of amides is 3. The number of rotatable bonds is 5. The molecule has 8 nitrogen and oxygen atoms in total. The molecule has 9 heteroatoms. The van der Waals surface area contributed by atoms with Gasteiger partial charge >= 0.3 is 12.0 Å². The van der Waals surface area contributed by atoms with Crippen LogP contribution in [0.15, 0.2) is 0 Å². The Kier molecular flexibility index (Phi) is 5.48. The number of ether oxygens (including phenoxy) is 1. The first-order chi connectivity index (χ1) is 11.2. The fourth-order valence-corrected chi connectivity index (χ4v) is 2.74. The molecule has 1 saturated heterocycles. The number of aryl methyl sites for hydroxylation is 1. The highest BCUT2D eigenvalue weighted by molar-refractivity contribution is 6.32. The van der Waals surface area contributed by atoms with Crippen molar-refractivity contribution >= 4 is 29.5 Å².